The Morgan fingerprint density at radius 1 is 1.44 bits per heavy atom. The van der Waals surface area contributed by atoms with Crippen molar-refractivity contribution in [2.24, 2.45) is 0 Å². The van der Waals surface area contributed by atoms with Crippen molar-refractivity contribution < 1.29 is 9.84 Å². The van der Waals surface area contributed by atoms with Crippen LogP contribution in [0.4, 0.5) is 0 Å². The van der Waals surface area contributed by atoms with Crippen LogP contribution in [-0.4, -0.2) is 17.0 Å². The normalized spacial score (nSPS) is 16.2. The number of rotatable bonds is 7. The van der Waals surface area contributed by atoms with Crippen LogP contribution in [0.15, 0.2) is 23.2 Å². The van der Waals surface area contributed by atoms with Crippen LogP contribution in [0, 0.1) is 0 Å². The van der Waals surface area contributed by atoms with Gasteiger partial charge in [-0.15, -0.1) is 0 Å². The fourth-order valence-electron chi connectivity index (χ4n) is 1.80. The molecule has 0 saturated carbocycles. The topological polar surface area (TPSA) is 29.5 Å². The van der Waals surface area contributed by atoms with Gasteiger partial charge in [-0.05, 0) is 31.8 Å². The maximum atomic E-state index is 9.82. The lowest BCUT2D eigenvalue weighted by molar-refractivity contribution is 0.205. The van der Waals surface area contributed by atoms with Crippen LogP contribution in [0.2, 0.25) is 0 Å². The molecule has 0 heterocycles. The first-order chi connectivity index (χ1) is 7.79. The lowest BCUT2D eigenvalue weighted by Gasteiger charge is -2.19. The Kier molecular flexibility index (Phi) is 6.62. The number of hydrogen-bond acceptors (Lipinski definition) is 2. The molecule has 0 aromatic rings. The lowest BCUT2D eigenvalue weighted by Crippen LogP contribution is -2.06. The smallest absolute Gasteiger partial charge is 0.121 e. The monoisotopic (exact) mass is 288 g/mol. The van der Waals surface area contributed by atoms with Crippen LogP contribution < -0.4 is 0 Å². The van der Waals surface area contributed by atoms with Gasteiger partial charge in [0.1, 0.15) is 5.76 Å². The summed E-state index contributed by atoms with van der Waals surface area (Å²) in [4.78, 5) is 0. The third-order valence-corrected chi connectivity index (χ3v) is 3.20. The van der Waals surface area contributed by atoms with Gasteiger partial charge in [-0.1, -0.05) is 29.3 Å². The molecule has 1 aliphatic rings. The second-order valence-corrected chi connectivity index (χ2v) is 4.82. The van der Waals surface area contributed by atoms with Crippen LogP contribution in [0.1, 0.15) is 45.4 Å². The van der Waals surface area contributed by atoms with Crippen LogP contribution in [0.5, 0.6) is 0 Å². The molecule has 2 nitrogen and oxygen atoms in total. The van der Waals surface area contributed by atoms with Crippen molar-refractivity contribution in [3.63, 3.8) is 0 Å². The molecule has 1 aliphatic carbocycles. The average Bonchev–Trinajstić information content (AvgIpc) is 2.29. The molecule has 0 radical (unpaired) electrons. The van der Waals surface area contributed by atoms with Gasteiger partial charge in [-0.2, -0.15) is 0 Å². The summed E-state index contributed by atoms with van der Waals surface area (Å²) in [6.45, 7) is 2.87. The van der Waals surface area contributed by atoms with E-state index in [1.54, 1.807) is 0 Å². The van der Waals surface area contributed by atoms with E-state index < -0.39 is 0 Å². The highest BCUT2D eigenvalue weighted by Crippen LogP contribution is 2.28. The summed E-state index contributed by atoms with van der Waals surface area (Å²) in [7, 11) is 0. The van der Waals surface area contributed by atoms with Gasteiger partial charge in [0.05, 0.1) is 12.4 Å². The molecule has 0 fully saturated rings. The zero-order chi connectivity index (χ0) is 11.8. The van der Waals surface area contributed by atoms with E-state index in [9.17, 15) is 5.11 Å². The number of aliphatic hydroxyl groups is 1. The molecule has 1 N–H and O–H groups in total. The fraction of sp³-hybridized carbons (Fsp3) is 0.692. The number of hydrogen-bond donors (Lipinski definition) is 1. The van der Waals surface area contributed by atoms with Gasteiger partial charge >= 0.3 is 0 Å². The van der Waals surface area contributed by atoms with Crippen molar-refractivity contribution in [3.8, 4) is 0 Å². The molecule has 0 bridgehead atoms. The van der Waals surface area contributed by atoms with Gasteiger partial charge in [0.25, 0.3) is 0 Å². The third-order valence-electron chi connectivity index (χ3n) is 2.64. The van der Waals surface area contributed by atoms with Crippen molar-refractivity contribution >= 4 is 15.9 Å². The third kappa shape index (κ3) is 4.20. The number of alkyl halides is 1. The maximum absolute atomic E-state index is 9.82. The number of halogens is 1. The molecule has 0 saturated heterocycles. The summed E-state index contributed by atoms with van der Waals surface area (Å²) >= 11 is 3.40. The predicted octanol–water partition coefficient (Wildman–Crippen LogP) is 4.47. The molecule has 3 heteroatoms. The minimum Gasteiger partial charge on any atom is -0.512 e. The molecule has 0 unspecified atom stereocenters. The van der Waals surface area contributed by atoms with Crippen LogP contribution >= 0.6 is 15.9 Å². The first-order valence-corrected chi connectivity index (χ1v) is 7.22. The molecule has 0 aromatic heterocycles. The number of allylic oxidation sites excluding steroid dienone is 3. The molecule has 0 atom stereocenters. The molecule has 92 valence electrons. The Balaban J connectivity index is 2.46. The van der Waals surface area contributed by atoms with E-state index in [1.807, 2.05) is 0 Å². The fourth-order valence-corrected chi connectivity index (χ4v) is 2.19. The second kappa shape index (κ2) is 7.77. The van der Waals surface area contributed by atoms with Crippen LogP contribution in [0.25, 0.3) is 0 Å². The number of aliphatic hydroxyl groups excluding tert-OH is 1. The highest BCUT2D eigenvalue weighted by Gasteiger charge is 2.15. The largest absolute Gasteiger partial charge is 0.512 e. The van der Waals surface area contributed by atoms with Crippen molar-refractivity contribution in [1.82, 2.24) is 0 Å². The first-order valence-electron chi connectivity index (χ1n) is 6.09. The average molecular weight is 289 g/mol. The van der Waals surface area contributed by atoms with Gasteiger partial charge in [-0.25, -0.2) is 0 Å². The summed E-state index contributed by atoms with van der Waals surface area (Å²) in [6.07, 6.45) is 7.92. The Morgan fingerprint density at radius 3 is 2.94 bits per heavy atom. The van der Waals surface area contributed by atoms with E-state index in [0.29, 0.717) is 5.76 Å². The summed E-state index contributed by atoms with van der Waals surface area (Å²) in [5.41, 5.74) is 1.02. The van der Waals surface area contributed by atoms with Crippen LogP contribution in [-0.2, 0) is 4.74 Å². The molecule has 16 heavy (non-hydrogen) atoms. The lowest BCUT2D eigenvalue weighted by atomic mass is 9.99. The van der Waals surface area contributed by atoms with E-state index in [0.717, 1.165) is 61.8 Å². The SMILES string of the molecule is CCCC1=C(O)CCC=C1OCCCCBr. The zero-order valence-electron chi connectivity index (χ0n) is 9.97. The molecular weight excluding hydrogens is 268 g/mol. The van der Waals surface area contributed by atoms with E-state index in [2.05, 4.69) is 28.9 Å². The molecule has 0 spiro atoms. The summed E-state index contributed by atoms with van der Waals surface area (Å²) in [5, 5.41) is 10.9. The first kappa shape index (κ1) is 13.6. The molecule has 1 rings (SSSR count). The van der Waals surface area contributed by atoms with E-state index in [4.69, 9.17) is 4.74 Å². The summed E-state index contributed by atoms with van der Waals surface area (Å²) in [5.74, 6) is 1.44. The highest BCUT2D eigenvalue weighted by molar-refractivity contribution is 9.09. The maximum Gasteiger partial charge on any atom is 0.121 e. The van der Waals surface area contributed by atoms with Gasteiger partial charge in [0.15, 0.2) is 0 Å². The van der Waals surface area contributed by atoms with Crippen molar-refractivity contribution in [1.29, 1.82) is 0 Å². The van der Waals surface area contributed by atoms with Gasteiger partial charge < -0.3 is 9.84 Å². The molecule has 0 amide bonds. The Labute approximate surface area is 107 Å². The van der Waals surface area contributed by atoms with E-state index in [1.165, 1.54) is 0 Å². The van der Waals surface area contributed by atoms with Gasteiger partial charge in [0.2, 0.25) is 0 Å². The standard InChI is InChI=1S/C13H21BrO2/c1-2-6-11-12(15)7-5-8-13(11)16-10-4-3-9-14/h8,15H,2-7,9-10H2,1H3. The quantitative estimate of drug-likeness (QED) is 0.553. The predicted molar refractivity (Wildman–Crippen MR) is 70.9 cm³/mol. The van der Waals surface area contributed by atoms with Crippen molar-refractivity contribution in [2.45, 2.75) is 45.4 Å². The molecular formula is C13H21BrO2. The zero-order valence-corrected chi connectivity index (χ0v) is 11.6. The minimum atomic E-state index is 0.528. The summed E-state index contributed by atoms with van der Waals surface area (Å²) in [6, 6.07) is 0. The van der Waals surface area contributed by atoms with Gasteiger partial charge in [0, 0.05) is 17.3 Å². The van der Waals surface area contributed by atoms with E-state index >= 15 is 0 Å². The number of ether oxygens (including phenoxy) is 1. The Hall–Kier alpha value is -0.440. The molecule has 0 aromatic carbocycles. The van der Waals surface area contributed by atoms with Crippen molar-refractivity contribution in [3.05, 3.63) is 23.2 Å². The minimum absolute atomic E-state index is 0.528. The molecule has 0 aliphatic heterocycles. The number of unbranched alkanes of at least 4 members (excludes halogenated alkanes) is 1. The summed E-state index contributed by atoms with van der Waals surface area (Å²) < 4.78 is 5.74. The van der Waals surface area contributed by atoms with E-state index in [-0.39, 0.29) is 0 Å². The highest BCUT2D eigenvalue weighted by atomic mass is 79.9. The Bertz CT molecular complexity index is 269. The Morgan fingerprint density at radius 2 is 2.25 bits per heavy atom. The van der Waals surface area contributed by atoms with Crippen LogP contribution in [0.3, 0.4) is 0 Å². The van der Waals surface area contributed by atoms with Crippen molar-refractivity contribution in [2.75, 3.05) is 11.9 Å². The second-order valence-electron chi connectivity index (χ2n) is 4.03. The van der Waals surface area contributed by atoms with Gasteiger partial charge in [-0.3, -0.25) is 0 Å².